The molecule has 0 saturated carbocycles. The molecule has 2 rings (SSSR count). The number of aromatic nitrogens is 2. The van der Waals surface area contributed by atoms with Gasteiger partial charge in [0.2, 0.25) is 0 Å². The van der Waals surface area contributed by atoms with Crippen molar-refractivity contribution in [3.05, 3.63) is 45.7 Å². The van der Waals surface area contributed by atoms with Gasteiger partial charge in [-0.1, -0.05) is 6.07 Å². The first-order chi connectivity index (χ1) is 9.02. The lowest BCUT2D eigenvalue weighted by molar-refractivity contribution is 0.386. The summed E-state index contributed by atoms with van der Waals surface area (Å²) in [5.74, 6) is 0.915. The van der Waals surface area contributed by atoms with Crippen LogP contribution in [0.1, 0.15) is 17.1 Å². The molecular weight excluding hydrogens is 311 g/mol. The van der Waals surface area contributed by atoms with E-state index in [0.717, 1.165) is 34.5 Å². The molecule has 0 spiro atoms. The van der Waals surface area contributed by atoms with E-state index < -0.39 is 0 Å². The summed E-state index contributed by atoms with van der Waals surface area (Å²) in [7, 11) is 3.43. The average molecular weight is 327 g/mol. The molecule has 5 heteroatoms. The molecule has 2 aromatic rings. The fraction of sp³-hybridized carbons (Fsp3) is 0.357. The van der Waals surface area contributed by atoms with Gasteiger partial charge in [0.05, 0.1) is 12.8 Å². The monoisotopic (exact) mass is 326 g/mol. The Kier molecular flexibility index (Phi) is 4.24. The number of aryl methyl sites for hydroxylation is 3. The van der Waals surface area contributed by atoms with Gasteiger partial charge in [0.1, 0.15) is 10.4 Å². The van der Waals surface area contributed by atoms with Gasteiger partial charge in [-0.25, -0.2) is 9.37 Å². The largest absolute Gasteiger partial charge is 0.494 e. The van der Waals surface area contributed by atoms with E-state index in [4.69, 9.17) is 4.74 Å². The van der Waals surface area contributed by atoms with Crippen LogP contribution in [0, 0.1) is 12.7 Å². The summed E-state index contributed by atoms with van der Waals surface area (Å²) in [5.41, 5.74) is 1.93. The third-order valence-electron chi connectivity index (χ3n) is 3.18. The molecule has 0 unspecified atom stereocenters. The molecule has 102 valence electrons. The van der Waals surface area contributed by atoms with E-state index in [9.17, 15) is 4.39 Å². The number of halogens is 2. The summed E-state index contributed by atoms with van der Waals surface area (Å²) in [6.07, 6.45) is 1.52. The molecule has 19 heavy (non-hydrogen) atoms. The first-order valence-corrected chi connectivity index (χ1v) is 6.82. The summed E-state index contributed by atoms with van der Waals surface area (Å²) in [5, 5.41) is 0. The molecule has 0 aliphatic heterocycles. The predicted molar refractivity (Wildman–Crippen MR) is 76.0 cm³/mol. The van der Waals surface area contributed by atoms with E-state index in [1.54, 1.807) is 6.07 Å². The molecule has 0 fully saturated rings. The molecule has 3 nitrogen and oxygen atoms in total. The molecule has 0 atom stereocenters. The number of benzene rings is 1. The van der Waals surface area contributed by atoms with Crippen LogP contribution in [0.2, 0.25) is 0 Å². The van der Waals surface area contributed by atoms with Crippen LogP contribution >= 0.6 is 15.9 Å². The van der Waals surface area contributed by atoms with Crippen LogP contribution < -0.4 is 4.74 Å². The van der Waals surface area contributed by atoms with Crippen LogP contribution in [0.4, 0.5) is 4.39 Å². The maximum absolute atomic E-state index is 13.6. The summed E-state index contributed by atoms with van der Waals surface area (Å²) in [6.45, 7) is 1.96. The minimum atomic E-state index is -0.323. The Morgan fingerprint density at radius 1 is 1.37 bits per heavy atom. The summed E-state index contributed by atoms with van der Waals surface area (Å²) < 4.78 is 21.4. The molecule has 1 heterocycles. The van der Waals surface area contributed by atoms with Crippen molar-refractivity contribution >= 4 is 15.9 Å². The maximum Gasteiger partial charge on any atom is 0.165 e. The van der Waals surface area contributed by atoms with Crippen molar-refractivity contribution in [3.63, 3.8) is 0 Å². The second-order valence-corrected chi connectivity index (χ2v) is 5.18. The zero-order valence-corrected chi connectivity index (χ0v) is 12.8. The van der Waals surface area contributed by atoms with Crippen molar-refractivity contribution in [1.29, 1.82) is 0 Å². The van der Waals surface area contributed by atoms with Crippen LogP contribution in [-0.4, -0.2) is 16.7 Å². The Morgan fingerprint density at radius 3 is 2.63 bits per heavy atom. The standard InChI is InChI=1S/C14H16BrFN2O/c1-9-17-12(14(15)18(9)2)6-4-10-5-7-13(19-3)11(16)8-10/h5,7-8H,4,6H2,1-3H3. The molecule has 0 aliphatic carbocycles. The van der Waals surface area contributed by atoms with Gasteiger partial charge < -0.3 is 9.30 Å². The molecule has 0 radical (unpaired) electrons. The van der Waals surface area contributed by atoms with E-state index in [1.165, 1.54) is 13.2 Å². The molecule has 1 aromatic heterocycles. The van der Waals surface area contributed by atoms with Gasteiger partial charge in [-0.3, -0.25) is 0 Å². The van der Waals surface area contributed by atoms with Gasteiger partial charge in [-0.05, 0) is 53.4 Å². The molecule has 0 saturated heterocycles. The Balaban J connectivity index is 2.10. The molecule has 0 aliphatic rings. The molecule has 0 N–H and O–H groups in total. The Labute approximate surface area is 120 Å². The molecule has 1 aromatic carbocycles. The zero-order valence-electron chi connectivity index (χ0n) is 11.2. The normalized spacial score (nSPS) is 10.8. The predicted octanol–water partition coefficient (Wildman–Crippen LogP) is 3.42. The lowest BCUT2D eigenvalue weighted by Gasteiger charge is -2.05. The number of ether oxygens (including phenoxy) is 1. The number of imidazole rings is 1. The van der Waals surface area contributed by atoms with Gasteiger partial charge in [0.25, 0.3) is 0 Å². The van der Waals surface area contributed by atoms with E-state index in [-0.39, 0.29) is 11.6 Å². The number of methoxy groups -OCH3 is 1. The van der Waals surface area contributed by atoms with E-state index in [1.807, 2.05) is 24.6 Å². The van der Waals surface area contributed by atoms with E-state index >= 15 is 0 Å². The smallest absolute Gasteiger partial charge is 0.165 e. The third-order valence-corrected chi connectivity index (χ3v) is 4.17. The second-order valence-electron chi connectivity index (χ2n) is 4.42. The SMILES string of the molecule is COc1ccc(CCc2nc(C)n(C)c2Br)cc1F. The first-order valence-electron chi connectivity index (χ1n) is 6.03. The fourth-order valence-corrected chi connectivity index (χ4v) is 2.48. The zero-order chi connectivity index (χ0) is 14.0. The lowest BCUT2D eigenvalue weighted by atomic mass is 10.1. The lowest BCUT2D eigenvalue weighted by Crippen LogP contribution is -1.95. The van der Waals surface area contributed by atoms with E-state index in [2.05, 4.69) is 20.9 Å². The number of nitrogens with zero attached hydrogens (tertiary/aromatic N) is 2. The molecule has 0 bridgehead atoms. The number of hydrogen-bond acceptors (Lipinski definition) is 2. The van der Waals surface area contributed by atoms with Crippen molar-refractivity contribution in [2.24, 2.45) is 7.05 Å². The summed E-state index contributed by atoms with van der Waals surface area (Å²) in [4.78, 5) is 4.48. The van der Waals surface area contributed by atoms with Gasteiger partial charge in [0, 0.05) is 7.05 Å². The van der Waals surface area contributed by atoms with Crippen LogP contribution in [0.25, 0.3) is 0 Å². The highest BCUT2D eigenvalue weighted by Crippen LogP contribution is 2.21. The number of hydrogen-bond donors (Lipinski definition) is 0. The second kappa shape index (κ2) is 5.74. The van der Waals surface area contributed by atoms with Gasteiger partial charge in [0.15, 0.2) is 11.6 Å². The quantitative estimate of drug-likeness (QED) is 0.860. The number of rotatable bonds is 4. The molecule has 0 amide bonds. The minimum absolute atomic E-state index is 0.276. The Hall–Kier alpha value is -1.36. The van der Waals surface area contributed by atoms with Crippen molar-refractivity contribution in [1.82, 2.24) is 9.55 Å². The van der Waals surface area contributed by atoms with Crippen LogP contribution in [-0.2, 0) is 19.9 Å². The van der Waals surface area contributed by atoms with Gasteiger partial charge >= 0.3 is 0 Å². The average Bonchev–Trinajstić information content (AvgIpc) is 2.64. The minimum Gasteiger partial charge on any atom is -0.494 e. The Bertz CT molecular complexity index is 595. The van der Waals surface area contributed by atoms with Crippen LogP contribution in [0.15, 0.2) is 22.8 Å². The molecular formula is C14H16BrFN2O. The topological polar surface area (TPSA) is 27.1 Å². The van der Waals surface area contributed by atoms with Crippen molar-refractivity contribution < 1.29 is 9.13 Å². The van der Waals surface area contributed by atoms with Crippen molar-refractivity contribution in [2.75, 3.05) is 7.11 Å². The third kappa shape index (κ3) is 2.97. The fourth-order valence-electron chi connectivity index (χ4n) is 1.94. The summed E-state index contributed by atoms with van der Waals surface area (Å²) in [6, 6.07) is 5.05. The summed E-state index contributed by atoms with van der Waals surface area (Å²) >= 11 is 3.52. The highest BCUT2D eigenvalue weighted by Gasteiger charge is 2.10. The first kappa shape index (κ1) is 14.1. The maximum atomic E-state index is 13.6. The van der Waals surface area contributed by atoms with Crippen LogP contribution in [0.5, 0.6) is 5.75 Å². The van der Waals surface area contributed by atoms with Crippen LogP contribution in [0.3, 0.4) is 0 Å². The highest BCUT2D eigenvalue weighted by molar-refractivity contribution is 9.10. The van der Waals surface area contributed by atoms with Gasteiger partial charge in [-0.15, -0.1) is 0 Å². The highest BCUT2D eigenvalue weighted by atomic mass is 79.9. The Morgan fingerprint density at radius 2 is 2.11 bits per heavy atom. The van der Waals surface area contributed by atoms with Gasteiger partial charge in [-0.2, -0.15) is 0 Å². The van der Waals surface area contributed by atoms with Crippen molar-refractivity contribution in [2.45, 2.75) is 19.8 Å². The van der Waals surface area contributed by atoms with Crippen molar-refractivity contribution in [3.8, 4) is 5.75 Å². The van der Waals surface area contributed by atoms with E-state index in [0.29, 0.717) is 0 Å².